The molecule has 0 spiro atoms. The zero-order valence-electron chi connectivity index (χ0n) is 20.5. The van der Waals surface area contributed by atoms with Crippen molar-refractivity contribution in [2.45, 2.75) is 59.3 Å². The highest BCUT2D eigenvalue weighted by atomic mass is 16.3. The average molecular weight is 435 g/mol. The van der Waals surface area contributed by atoms with E-state index < -0.39 is 0 Å². The predicted octanol–water partition coefficient (Wildman–Crippen LogP) is 9.40. The fraction of sp³-hybridized carbons (Fsp3) is 0.312. The van der Waals surface area contributed by atoms with Crippen molar-refractivity contribution in [3.8, 4) is 11.1 Å². The molecular formula is C32H34O. The van der Waals surface area contributed by atoms with Gasteiger partial charge in [0.05, 0.1) is 6.26 Å². The van der Waals surface area contributed by atoms with Gasteiger partial charge in [0.1, 0.15) is 5.76 Å². The number of rotatable bonds is 6. The molecule has 0 bridgehead atoms. The van der Waals surface area contributed by atoms with Crippen LogP contribution in [0, 0.1) is 5.92 Å². The SMILES string of the molecule is CC1=CC(C)=C(C)C1CCC1C(c2ccco2)=Cc2c(-c3ccc(C(C)C)cc3)cccc21. The van der Waals surface area contributed by atoms with Crippen molar-refractivity contribution in [1.29, 1.82) is 0 Å². The minimum Gasteiger partial charge on any atom is -0.465 e. The summed E-state index contributed by atoms with van der Waals surface area (Å²) in [5.41, 5.74) is 12.6. The van der Waals surface area contributed by atoms with Gasteiger partial charge in [-0.2, -0.15) is 0 Å². The maximum Gasteiger partial charge on any atom is 0.130 e. The molecule has 0 N–H and O–H groups in total. The molecule has 0 fully saturated rings. The number of benzene rings is 2. The lowest BCUT2D eigenvalue weighted by Gasteiger charge is -2.21. The van der Waals surface area contributed by atoms with Gasteiger partial charge in [-0.3, -0.25) is 0 Å². The number of hydrogen-bond donors (Lipinski definition) is 0. The molecule has 5 rings (SSSR count). The van der Waals surface area contributed by atoms with Crippen LogP contribution in [-0.2, 0) is 0 Å². The summed E-state index contributed by atoms with van der Waals surface area (Å²) in [7, 11) is 0. The molecule has 1 aromatic heterocycles. The highest BCUT2D eigenvalue weighted by Crippen LogP contribution is 2.49. The van der Waals surface area contributed by atoms with Gasteiger partial charge in [0.2, 0.25) is 0 Å². The van der Waals surface area contributed by atoms with Crippen molar-refractivity contribution >= 4 is 11.6 Å². The van der Waals surface area contributed by atoms with Crippen molar-refractivity contribution in [1.82, 2.24) is 0 Å². The maximum atomic E-state index is 5.91. The Morgan fingerprint density at radius 2 is 1.58 bits per heavy atom. The van der Waals surface area contributed by atoms with E-state index in [0.29, 0.717) is 17.8 Å². The molecule has 1 heterocycles. The summed E-state index contributed by atoms with van der Waals surface area (Å²) in [6.07, 6.45) is 8.83. The molecule has 2 aliphatic rings. The van der Waals surface area contributed by atoms with Crippen LogP contribution in [0.25, 0.3) is 22.8 Å². The van der Waals surface area contributed by atoms with Gasteiger partial charge < -0.3 is 4.42 Å². The Balaban J connectivity index is 1.52. The van der Waals surface area contributed by atoms with E-state index in [1.54, 1.807) is 6.26 Å². The van der Waals surface area contributed by atoms with Gasteiger partial charge in [-0.25, -0.2) is 0 Å². The number of furan rings is 1. The molecular weight excluding hydrogens is 400 g/mol. The fourth-order valence-electron chi connectivity index (χ4n) is 5.72. The molecule has 3 aromatic rings. The van der Waals surface area contributed by atoms with Gasteiger partial charge in [0, 0.05) is 17.4 Å². The first kappa shape index (κ1) is 21.8. The standard InChI is InChI=1S/C32H34O/c1-20(2)24-11-13-25(14-12-24)27-8-6-9-28-29(16-15-26-22(4)18-21(3)23(26)5)31(19-30(27)28)32-10-7-17-33-32/h6-14,17-20,26,29H,15-16H2,1-5H3. The van der Waals surface area contributed by atoms with Crippen LogP contribution in [0.5, 0.6) is 0 Å². The smallest absolute Gasteiger partial charge is 0.130 e. The van der Waals surface area contributed by atoms with Crippen molar-refractivity contribution in [2.75, 3.05) is 0 Å². The van der Waals surface area contributed by atoms with Crippen LogP contribution in [-0.4, -0.2) is 0 Å². The number of hydrogen-bond acceptors (Lipinski definition) is 1. The summed E-state index contributed by atoms with van der Waals surface area (Å²) >= 11 is 0. The van der Waals surface area contributed by atoms with Crippen LogP contribution >= 0.6 is 0 Å². The Hall–Kier alpha value is -3.06. The summed E-state index contributed by atoms with van der Waals surface area (Å²) in [5, 5.41) is 0. The predicted molar refractivity (Wildman–Crippen MR) is 140 cm³/mol. The highest BCUT2D eigenvalue weighted by Gasteiger charge is 2.31. The molecule has 0 saturated carbocycles. The van der Waals surface area contributed by atoms with E-state index in [-0.39, 0.29) is 0 Å². The number of allylic oxidation sites excluding steroid dienone is 5. The average Bonchev–Trinajstić information content (AvgIpc) is 3.51. The van der Waals surface area contributed by atoms with Crippen LogP contribution in [0.15, 0.2) is 88.1 Å². The molecule has 1 nitrogen and oxygen atoms in total. The second-order valence-corrected chi connectivity index (χ2v) is 10.1. The van der Waals surface area contributed by atoms with Crippen LogP contribution in [0.2, 0.25) is 0 Å². The van der Waals surface area contributed by atoms with E-state index in [1.807, 2.05) is 6.07 Å². The second-order valence-electron chi connectivity index (χ2n) is 10.1. The monoisotopic (exact) mass is 434 g/mol. The quantitative estimate of drug-likeness (QED) is 0.376. The third kappa shape index (κ3) is 3.95. The second kappa shape index (κ2) is 8.71. The molecule has 0 amide bonds. The molecule has 1 heteroatoms. The van der Waals surface area contributed by atoms with Gasteiger partial charge in [-0.15, -0.1) is 0 Å². The van der Waals surface area contributed by atoms with Crippen LogP contribution in [0.4, 0.5) is 0 Å². The first-order valence-corrected chi connectivity index (χ1v) is 12.3. The lowest BCUT2D eigenvalue weighted by Crippen LogP contribution is -2.06. The third-order valence-electron chi connectivity index (χ3n) is 7.77. The Labute approximate surface area is 198 Å². The van der Waals surface area contributed by atoms with Crippen LogP contribution < -0.4 is 0 Å². The van der Waals surface area contributed by atoms with Crippen molar-refractivity contribution in [2.24, 2.45) is 5.92 Å². The Bertz CT molecular complexity index is 1250. The Kier molecular flexibility index (Phi) is 5.74. The van der Waals surface area contributed by atoms with Gasteiger partial charge >= 0.3 is 0 Å². The maximum absolute atomic E-state index is 5.91. The van der Waals surface area contributed by atoms with Gasteiger partial charge in [-0.05, 0) is 85.6 Å². The molecule has 0 aliphatic heterocycles. The Morgan fingerprint density at radius 3 is 2.21 bits per heavy atom. The van der Waals surface area contributed by atoms with Crippen molar-refractivity contribution in [3.63, 3.8) is 0 Å². The molecule has 2 aromatic carbocycles. The largest absolute Gasteiger partial charge is 0.465 e. The molecule has 2 unspecified atom stereocenters. The first-order chi connectivity index (χ1) is 15.9. The van der Waals surface area contributed by atoms with Crippen LogP contribution in [0.3, 0.4) is 0 Å². The molecule has 2 atom stereocenters. The fourth-order valence-corrected chi connectivity index (χ4v) is 5.72. The first-order valence-electron chi connectivity index (χ1n) is 12.3. The van der Waals surface area contributed by atoms with E-state index in [0.717, 1.165) is 12.2 Å². The molecule has 2 aliphatic carbocycles. The summed E-state index contributed by atoms with van der Waals surface area (Å²) in [6, 6.07) is 20.0. The summed E-state index contributed by atoms with van der Waals surface area (Å²) in [4.78, 5) is 0. The lowest BCUT2D eigenvalue weighted by atomic mass is 9.83. The van der Waals surface area contributed by atoms with E-state index >= 15 is 0 Å². The van der Waals surface area contributed by atoms with Gasteiger partial charge in [-0.1, -0.05) is 79.1 Å². The third-order valence-corrected chi connectivity index (χ3v) is 7.77. The van der Waals surface area contributed by atoms with E-state index in [4.69, 9.17) is 4.42 Å². The zero-order valence-corrected chi connectivity index (χ0v) is 20.5. The summed E-state index contributed by atoms with van der Waals surface area (Å²) < 4.78 is 5.91. The minimum absolute atomic E-state index is 0.363. The van der Waals surface area contributed by atoms with E-state index in [1.165, 1.54) is 56.5 Å². The molecule has 33 heavy (non-hydrogen) atoms. The van der Waals surface area contributed by atoms with Crippen molar-refractivity contribution < 1.29 is 4.42 Å². The lowest BCUT2D eigenvalue weighted by molar-refractivity contribution is 0.537. The Morgan fingerprint density at radius 1 is 0.818 bits per heavy atom. The molecule has 168 valence electrons. The summed E-state index contributed by atoms with van der Waals surface area (Å²) in [6.45, 7) is 11.3. The van der Waals surface area contributed by atoms with Gasteiger partial charge in [0.25, 0.3) is 0 Å². The van der Waals surface area contributed by atoms with Crippen molar-refractivity contribution in [3.05, 3.63) is 106 Å². The minimum atomic E-state index is 0.363. The van der Waals surface area contributed by atoms with Gasteiger partial charge in [0.15, 0.2) is 0 Å². The molecule has 0 saturated heterocycles. The summed E-state index contributed by atoms with van der Waals surface area (Å²) in [5.74, 6) is 2.48. The highest BCUT2D eigenvalue weighted by molar-refractivity contribution is 5.95. The van der Waals surface area contributed by atoms with Crippen LogP contribution in [0.1, 0.15) is 81.7 Å². The van der Waals surface area contributed by atoms with E-state index in [9.17, 15) is 0 Å². The van der Waals surface area contributed by atoms with E-state index in [2.05, 4.69) is 95.3 Å². The normalized spacial score (nSPS) is 19.8. The topological polar surface area (TPSA) is 13.1 Å². The zero-order chi connectivity index (χ0) is 23.1. The molecule has 0 radical (unpaired) electrons. The number of fused-ring (bicyclic) bond motifs is 1.